The summed E-state index contributed by atoms with van der Waals surface area (Å²) in [6.45, 7) is 6.93. The van der Waals surface area contributed by atoms with Crippen LogP contribution in [0.25, 0.3) is 0 Å². The molecule has 0 radical (unpaired) electrons. The molecule has 1 N–H and O–H groups in total. The van der Waals surface area contributed by atoms with Gasteiger partial charge in [-0.3, -0.25) is 9.59 Å². The molecule has 0 heterocycles. The van der Waals surface area contributed by atoms with Crippen molar-refractivity contribution in [2.75, 3.05) is 0 Å². The Labute approximate surface area is 245 Å². The van der Waals surface area contributed by atoms with Gasteiger partial charge in [0.1, 0.15) is 6.04 Å². The van der Waals surface area contributed by atoms with E-state index in [0.717, 1.165) is 42.4 Å². The highest BCUT2D eigenvalue weighted by atomic mass is 35.5. The van der Waals surface area contributed by atoms with Gasteiger partial charge in [-0.1, -0.05) is 118 Å². The van der Waals surface area contributed by atoms with Crippen LogP contribution in [0.15, 0.2) is 78.9 Å². The summed E-state index contributed by atoms with van der Waals surface area (Å²) < 4.78 is 0. The monoisotopic (exact) mass is 558 g/mol. The molecule has 1 fully saturated rings. The van der Waals surface area contributed by atoms with Crippen LogP contribution in [0.5, 0.6) is 0 Å². The van der Waals surface area contributed by atoms with Gasteiger partial charge < -0.3 is 10.2 Å². The van der Waals surface area contributed by atoms with E-state index in [1.807, 2.05) is 54.6 Å². The molecule has 3 aromatic rings. The average molecular weight is 559 g/mol. The summed E-state index contributed by atoms with van der Waals surface area (Å²) in [7, 11) is 0. The van der Waals surface area contributed by atoms with Crippen LogP contribution >= 0.6 is 11.6 Å². The topological polar surface area (TPSA) is 49.4 Å². The van der Waals surface area contributed by atoms with Gasteiger partial charge >= 0.3 is 0 Å². The van der Waals surface area contributed by atoms with Crippen LogP contribution in [-0.4, -0.2) is 28.8 Å². The van der Waals surface area contributed by atoms with E-state index in [4.69, 9.17) is 11.6 Å². The molecule has 2 amide bonds. The van der Waals surface area contributed by atoms with Crippen LogP contribution in [0.4, 0.5) is 0 Å². The quantitative estimate of drug-likeness (QED) is 0.278. The minimum atomic E-state index is -0.612. The van der Waals surface area contributed by atoms with Gasteiger partial charge in [0.15, 0.2) is 0 Å². The van der Waals surface area contributed by atoms with E-state index in [2.05, 4.69) is 50.4 Å². The van der Waals surface area contributed by atoms with Crippen molar-refractivity contribution in [2.24, 2.45) is 0 Å². The number of hydrogen-bond acceptors (Lipinski definition) is 2. The second kappa shape index (κ2) is 14.0. The molecule has 3 aromatic carbocycles. The third-order valence-electron chi connectivity index (χ3n) is 7.91. The van der Waals surface area contributed by atoms with Crippen LogP contribution in [0, 0.1) is 0 Å². The van der Waals surface area contributed by atoms with E-state index in [9.17, 15) is 9.59 Å². The first-order valence-corrected chi connectivity index (χ1v) is 15.0. The van der Waals surface area contributed by atoms with Crippen LogP contribution in [0.3, 0.4) is 0 Å². The zero-order chi connectivity index (χ0) is 28.5. The highest BCUT2D eigenvalue weighted by Gasteiger charge is 2.31. The number of amides is 2. The van der Waals surface area contributed by atoms with Gasteiger partial charge in [-0.25, -0.2) is 0 Å². The normalized spacial score (nSPS) is 14.9. The molecule has 5 heteroatoms. The number of nitrogens with one attached hydrogen (secondary N) is 1. The molecular weight excluding hydrogens is 516 g/mol. The summed E-state index contributed by atoms with van der Waals surface area (Å²) in [4.78, 5) is 29.6. The molecule has 1 atom stereocenters. The van der Waals surface area contributed by atoms with Crippen LogP contribution in [0.1, 0.15) is 81.5 Å². The second-order valence-corrected chi connectivity index (χ2v) is 12.6. The minimum absolute atomic E-state index is 0.0281. The average Bonchev–Trinajstić information content (AvgIpc) is 2.94. The first-order chi connectivity index (χ1) is 19.2. The molecule has 1 unspecified atom stereocenters. The van der Waals surface area contributed by atoms with Crippen molar-refractivity contribution in [1.82, 2.24) is 10.2 Å². The zero-order valence-electron chi connectivity index (χ0n) is 24.2. The molecule has 1 aliphatic carbocycles. The molecule has 4 nitrogen and oxygen atoms in total. The summed E-state index contributed by atoms with van der Waals surface area (Å²) in [6.07, 6.45) is 6.89. The maximum atomic E-state index is 14.0. The van der Waals surface area contributed by atoms with Gasteiger partial charge in [0.25, 0.3) is 0 Å². The third-order valence-corrected chi connectivity index (χ3v) is 8.15. The van der Waals surface area contributed by atoms with Gasteiger partial charge in [-0.15, -0.1) is 0 Å². The Morgan fingerprint density at radius 2 is 1.55 bits per heavy atom. The summed E-state index contributed by atoms with van der Waals surface area (Å²) in [6, 6.07) is 25.7. The Morgan fingerprint density at radius 1 is 0.875 bits per heavy atom. The molecule has 0 aliphatic heterocycles. The second-order valence-electron chi connectivity index (χ2n) is 12.1. The Bertz CT molecular complexity index is 1240. The third kappa shape index (κ3) is 8.69. The van der Waals surface area contributed by atoms with Gasteiger partial charge in [-0.2, -0.15) is 0 Å². The van der Waals surface area contributed by atoms with Crippen molar-refractivity contribution in [2.45, 2.75) is 96.2 Å². The molecule has 1 saturated carbocycles. The maximum Gasteiger partial charge on any atom is 0.243 e. The zero-order valence-corrected chi connectivity index (χ0v) is 24.9. The molecule has 4 rings (SSSR count). The van der Waals surface area contributed by atoms with Gasteiger partial charge in [0.05, 0.1) is 0 Å². The van der Waals surface area contributed by atoms with E-state index in [1.165, 1.54) is 12.0 Å². The van der Waals surface area contributed by atoms with E-state index in [-0.39, 0.29) is 23.3 Å². The number of hydrogen-bond donors (Lipinski definition) is 1. The van der Waals surface area contributed by atoms with Crippen molar-refractivity contribution in [3.63, 3.8) is 0 Å². The fourth-order valence-corrected chi connectivity index (χ4v) is 5.71. The molecule has 0 saturated heterocycles. The Balaban J connectivity index is 1.59. The molecule has 0 spiro atoms. The van der Waals surface area contributed by atoms with Crippen LogP contribution < -0.4 is 5.32 Å². The van der Waals surface area contributed by atoms with E-state index >= 15 is 0 Å². The summed E-state index contributed by atoms with van der Waals surface area (Å²) in [5.41, 5.74) is 4.42. The number of benzene rings is 3. The lowest BCUT2D eigenvalue weighted by atomic mass is 9.86. The Kier molecular flexibility index (Phi) is 10.4. The molecule has 212 valence electrons. The Morgan fingerprint density at radius 3 is 2.20 bits per heavy atom. The number of carbonyl (C=O) groups is 2. The van der Waals surface area contributed by atoms with E-state index < -0.39 is 6.04 Å². The smallest absolute Gasteiger partial charge is 0.243 e. The highest BCUT2D eigenvalue weighted by molar-refractivity contribution is 6.30. The SMILES string of the molecule is CC(C)(C)c1ccc(CCC(=O)N(Cc2cccc(Cl)c2)C(Cc2ccccc2)C(=O)NC2CCCCC2)cc1. The van der Waals surface area contributed by atoms with Gasteiger partial charge in [0, 0.05) is 30.5 Å². The van der Waals surface area contributed by atoms with E-state index in [0.29, 0.717) is 30.8 Å². The summed E-state index contributed by atoms with van der Waals surface area (Å²) in [5.74, 6) is -0.0970. The summed E-state index contributed by atoms with van der Waals surface area (Å²) in [5, 5.41) is 3.93. The fourth-order valence-electron chi connectivity index (χ4n) is 5.50. The van der Waals surface area contributed by atoms with Crippen molar-refractivity contribution in [1.29, 1.82) is 0 Å². The summed E-state index contributed by atoms with van der Waals surface area (Å²) >= 11 is 6.31. The van der Waals surface area contributed by atoms with Gasteiger partial charge in [0.2, 0.25) is 11.8 Å². The lowest BCUT2D eigenvalue weighted by molar-refractivity contribution is -0.141. The number of rotatable bonds is 10. The highest BCUT2D eigenvalue weighted by Crippen LogP contribution is 2.24. The van der Waals surface area contributed by atoms with Crippen LogP contribution in [-0.2, 0) is 34.4 Å². The fraction of sp³-hybridized carbons (Fsp3) is 0.429. The number of halogens is 1. The van der Waals surface area contributed by atoms with Crippen molar-refractivity contribution in [3.05, 3.63) is 106 Å². The molecule has 0 bridgehead atoms. The minimum Gasteiger partial charge on any atom is -0.352 e. The van der Waals surface area contributed by atoms with Crippen LogP contribution in [0.2, 0.25) is 5.02 Å². The maximum absolute atomic E-state index is 14.0. The number of nitrogens with zero attached hydrogens (tertiary/aromatic N) is 1. The van der Waals surface area contributed by atoms with Crippen molar-refractivity contribution in [3.8, 4) is 0 Å². The lowest BCUT2D eigenvalue weighted by Crippen LogP contribution is -2.52. The number of aryl methyl sites for hydroxylation is 1. The van der Waals surface area contributed by atoms with Crippen molar-refractivity contribution < 1.29 is 9.59 Å². The Hall–Kier alpha value is -3.11. The van der Waals surface area contributed by atoms with Gasteiger partial charge in [-0.05, 0) is 59.1 Å². The molecule has 1 aliphatic rings. The molecule has 0 aromatic heterocycles. The van der Waals surface area contributed by atoms with Crippen molar-refractivity contribution >= 4 is 23.4 Å². The predicted octanol–water partition coefficient (Wildman–Crippen LogP) is 7.66. The first kappa shape index (κ1) is 29.9. The number of carbonyl (C=O) groups excluding carboxylic acids is 2. The van der Waals surface area contributed by atoms with E-state index in [1.54, 1.807) is 4.90 Å². The first-order valence-electron chi connectivity index (χ1n) is 14.7. The molecule has 40 heavy (non-hydrogen) atoms. The lowest BCUT2D eigenvalue weighted by Gasteiger charge is -2.33. The predicted molar refractivity (Wildman–Crippen MR) is 164 cm³/mol. The standard InChI is InChI=1S/C35H43ClN2O2/c1-35(2,3)29-20-17-26(18-21-29)19-22-33(39)38(25-28-13-10-14-30(36)23-28)32(24-27-11-6-4-7-12-27)34(40)37-31-15-8-5-9-16-31/h4,6-7,10-14,17-18,20-21,23,31-32H,5,8-9,15-16,19,22,24-25H2,1-3H3,(H,37,40). The largest absolute Gasteiger partial charge is 0.352 e. The molecular formula is C35H43ClN2O2.